The number of fused-ring (bicyclic) bond motifs is 1. The largest absolute Gasteiger partial charge is 0.506 e. The van der Waals surface area contributed by atoms with Gasteiger partial charge in [0.25, 0.3) is 5.91 Å². The summed E-state index contributed by atoms with van der Waals surface area (Å²) in [7, 11) is 1.69. The van der Waals surface area contributed by atoms with Crippen molar-refractivity contribution in [2.45, 2.75) is 39.3 Å². The minimum absolute atomic E-state index is 0.0500. The molecule has 9 nitrogen and oxygen atoms in total. The van der Waals surface area contributed by atoms with Gasteiger partial charge in [-0.3, -0.25) is 19.2 Å². The van der Waals surface area contributed by atoms with Crippen LogP contribution in [-0.4, -0.2) is 26.6 Å². The zero-order chi connectivity index (χ0) is 32.9. The van der Waals surface area contributed by atoms with Gasteiger partial charge in [-0.05, 0) is 53.8 Å². The van der Waals surface area contributed by atoms with Gasteiger partial charge in [0, 0.05) is 42.4 Å². The third-order valence-electron chi connectivity index (χ3n) is 8.61. The first kappa shape index (κ1) is 30.0. The van der Waals surface area contributed by atoms with E-state index in [9.17, 15) is 14.7 Å². The molecule has 1 atom stereocenters. The fraction of sp³-hybridized carbons (Fsp3) is 0.216. The van der Waals surface area contributed by atoms with Crippen molar-refractivity contribution in [1.29, 1.82) is 0 Å². The van der Waals surface area contributed by atoms with Crippen LogP contribution in [0.15, 0.2) is 107 Å². The molecule has 0 saturated heterocycles. The summed E-state index contributed by atoms with van der Waals surface area (Å²) in [5, 5.41) is 18.9. The number of rotatable bonds is 6. The van der Waals surface area contributed by atoms with Gasteiger partial charge in [-0.25, -0.2) is 4.39 Å². The molecule has 0 spiro atoms. The Morgan fingerprint density at radius 3 is 2.62 bits per heavy atom. The van der Waals surface area contributed by atoms with Crippen molar-refractivity contribution in [3.63, 3.8) is 0 Å². The number of amides is 1. The summed E-state index contributed by atoms with van der Waals surface area (Å²) >= 11 is 0. The van der Waals surface area contributed by atoms with Crippen LogP contribution in [0.25, 0.3) is 11.5 Å². The molecule has 1 aliphatic carbocycles. The van der Waals surface area contributed by atoms with Gasteiger partial charge in [0.2, 0.25) is 0 Å². The lowest BCUT2D eigenvalue weighted by molar-refractivity contribution is -0.118. The number of aromatic hydroxyl groups is 1. The molecule has 238 valence electrons. The lowest BCUT2D eigenvalue weighted by Gasteiger charge is -2.37. The highest BCUT2D eigenvalue weighted by molar-refractivity contribution is 6.12. The highest BCUT2D eigenvalue weighted by Crippen LogP contribution is 2.51. The maximum Gasteiger partial charge on any atom is 0.279 e. The van der Waals surface area contributed by atoms with Crippen LogP contribution in [0, 0.1) is 11.2 Å². The van der Waals surface area contributed by atoms with Crippen LogP contribution in [0.4, 0.5) is 15.8 Å². The Labute approximate surface area is 270 Å². The third-order valence-corrected chi connectivity index (χ3v) is 8.61. The number of phenolic OH excluding ortho intramolecular Hbond substituents is 1. The summed E-state index contributed by atoms with van der Waals surface area (Å²) in [4.78, 5) is 30.2. The first-order chi connectivity index (χ1) is 22.6. The third kappa shape index (κ3) is 5.56. The number of Topliss-reactive ketones (excluding diaryl/α,β-unsaturated/α-hetero) is 1. The average molecular weight is 633 g/mol. The Balaban J connectivity index is 1.39. The average Bonchev–Trinajstić information content (AvgIpc) is 3.67. The molecule has 2 aromatic heterocycles. The molecule has 10 heteroatoms. The van der Waals surface area contributed by atoms with E-state index in [-0.39, 0.29) is 52.8 Å². The van der Waals surface area contributed by atoms with Crippen LogP contribution in [-0.2, 0) is 18.4 Å². The van der Waals surface area contributed by atoms with Crippen molar-refractivity contribution < 1.29 is 28.2 Å². The van der Waals surface area contributed by atoms with Gasteiger partial charge in [-0.15, -0.1) is 0 Å². The number of nitrogens with zero attached hydrogens (tertiary/aromatic N) is 3. The minimum Gasteiger partial charge on any atom is -0.506 e. The van der Waals surface area contributed by atoms with Gasteiger partial charge in [-0.2, -0.15) is 5.10 Å². The molecule has 0 bridgehead atoms. The van der Waals surface area contributed by atoms with Crippen LogP contribution >= 0.6 is 0 Å². The number of carbonyl (C=O) groups excluding carboxylic acids is 2. The normalized spacial score (nSPS) is 17.1. The van der Waals surface area contributed by atoms with Crippen molar-refractivity contribution in [1.82, 2.24) is 9.78 Å². The second-order valence-electron chi connectivity index (χ2n) is 12.7. The maximum atomic E-state index is 16.4. The second kappa shape index (κ2) is 11.6. The number of para-hydroxylation sites is 1. The van der Waals surface area contributed by atoms with E-state index in [0.717, 1.165) is 5.56 Å². The van der Waals surface area contributed by atoms with Gasteiger partial charge >= 0.3 is 0 Å². The van der Waals surface area contributed by atoms with Crippen molar-refractivity contribution in [2.75, 3.05) is 10.2 Å². The molecule has 2 aliphatic rings. The molecule has 1 aliphatic heterocycles. The van der Waals surface area contributed by atoms with E-state index >= 15 is 4.39 Å². The van der Waals surface area contributed by atoms with Gasteiger partial charge in [0.15, 0.2) is 17.2 Å². The number of benzene rings is 3. The van der Waals surface area contributed by atoms with E-state index in [2.05, 4.69) is 10.4 Å². The number of phenols is 1. The molecule has 3 heterocycles. The first-order valence-electron chi connectivity index (χ1n) is 15.3. The fourth-order valence-electron chi connectivity index (χ4n) is 6.47. The van der Waals surface area contributed by atoms with Crippen molar-refractivity contribution in [3.05, 3.63) is 125 Å². The SMILES string of the molecule is Cn1nc(C(=O)N2c3cccc(O)c3NC3=C(C(=O)CC(C)(C)C3)C2c2ccc(OCc3ccccc3)cc2F)cc1-c1ccco1. The fourth-order valence-corrected chi connectivity index (χ4v) is 6.47. The number of ether oxygens (including phenoxy) is 1. The molecule has 7 rings (SSSR count). The lowest BCUT2D eigenvalue weighted by Crippen LogP contribution is -2.40. The second-order valence-corrected chi connectivity index (χ2v) is 12.7. The van der Waals surface area contributed by atoms with E-state index in [0.29, 0.717) is 29.3 Å². The summed E-state index contributed by atoms with van der Waals surface area (Å²) < 4.78 is 29.4. The number of ketones is 1. The zero-order valence-corrected chi connectivity index (χ0v) is 26.2. The zero-order valence-electron chi connectivity index (χ0n) is 26.2. The summed E-state index contributed by atoms with van der Waals surface area (Å²) in [6.45, 7) is 4.20. The molecular formula is C37H33FN4O5. The molecule has 0 saturated carbocycles. The van der Waals surface area contributed by atoms with Crippen LogP contribution in [0.1, 0.15) is 54.3 Å². The molecule has 1 amide bonds. The monoisotopic (exact) mass is 632 g/mol. The number of anilines is 2. The van der Waals surface area contributed by atoms with E-state index in [4.69, 9.17) is 9.15 Å². The van der Waals surface area contributed by atoms with E-state index in [1.165, 1.54) is 28.0 Å². The van der Waals surface area contributed by atoms with Gasteiger partial charge in [0.05, 0.1) is 18.0 Å². The smallest absolute Gasteiger partial charge is 0.279 e. The molecule has 3 aromatic carbocycles. The number of carbonyl (C=O) groups is 2. The lowest BCUT2D eigenvalue weighted by atomic mass is 9.73. The Kier molecular flexibility index (Phi) is 7.43. The summed E-state index contributed by atoms with van der Waals surface area (Å²) in [6.07, 6.45) is 2.16. The van der Waals surface area contributed by atoms with Crippen molar-refractivity contribution in [3.8, 4) is 23.0 Å². The van der Waals surface area contributed by atoms with Crippen LogP contribution in [0.5, 0.6) is 11.5 Å². The summed E-state index contributed by atoms with van der Waals surface area (Å²) in [5.41, 5.74) is 2.52. The van der Waals surface area contributed by atoms with Crippen LogP contribution in [0.2, 0.25) is 0 Å². The Hall–Kier alpha value is -5.64. The number of nitrogens with one attached hydrogen (secondary N) is 1. The number of allylic oxidation sites excluding steroid dienone is 1. The maximum absolute atomic E-state index is 16.4. The van der Waals surface area contributed by atoms with E-state index in [1.807, 2.05) is 44.2 Å². The number of aromatic nitrogens is 2. The number of halogens is 1. The molecule has 2 N–H and O–H groups in total. The Morgan fingerprint density at radius 2 is 1.87 bits per heavy atom. The molecule has 5 aromatic rings. The standard InChI is InChI=1S/C37H33FN4O5/c1-37(2)19-27-33(31(44)20-37)35(24-15-14-23(17-25(24)38)47-21-22-9-5-4-6-10-22)42(28-11-7-12-30(43)34(28)39-27)36(45)26-18-29(41(3)40-26)32-13-8-16-46-32/h4-18,35,39,43H,19-21H2,1-3H3. The summed E-state index contributed by atoms with van der Waals surface area (Å²) in [5.74, 6) is -0.768. The highest BCUT2D eigenvalue weighted by atomic mass is 19.1. The van der Waals surface area contributed by atoms with Gasteiger partial charge in [0.1, 0.15) is 35.3 Å². The van der Waals surface area contributed by atoms with Crippen LogP contribution in [0.3, 0.4) is 0 Å². The number of furan rings is 1. The minimum atomic E-state index is -1.19. The number of hydrogen-bond acceptors (Lipinski definition) is 7. The topological polar surface area (TPSA) is 110 Å². The predicted molar refractivity (Wildman–Crippen MR) is 174 cm³/mol. The van der Waals surface area contributed by atoms with E-state index in [1.54, 1.807) is 49.5 Å². The van der Waals surface area contributed by atoms with Crippen molar-refractivity contribution >= 4 is 23.1 Å². The first-order valence-corrected chi connectivity index (χ1v) is 15.3. The molecule has 1 unspecified atom stereocenters. The Morgan fingerprint density at radius 1 is 1.06 bits per heavy atom. The highest BCUT2D eigenvalue weighted by Gasteiger charge is 2.45. The number of aryl methyl sites for hydroxylation is 1. The van der Waals surface area contributed by atoms with Crippen LogP contribution < -0.4 is 15.0 Å². The Bertz CT molecular complexity index is 2030. The predicted octanol–water partition coefficient (Wildman–Crippen LogP) is 7.56. The van der Waals surface area contributed by atoms with Gasteiger partial charge < -0.3 is 19.6 Å². The van der Waals surface area contributed by atoms with E-state index < -0.39 is 23.2 Å². The summed E-state index contributed by atoms with van der Waals surface area (Å²) in [6, 6.07) is 22.7. The molecule has 47 heavy (non-hydrogen) atoms. The molecule has 0 fully saturated rings. The quantitative estimate of drug-likeness (QED) is 0.186. The number of hydrogen-bond donors (Lipinski definition) is 2. The molecule has 0 radical (unpaired) electrons. The molecular weight excluding hydrogens is 599 g/mol. The van der Waals surface area contributed by atoms with Gasteiger partial charge in [-0.1, -0.05) is 50.2 Å². The van der Waals surface area contributed by atoms with Crippen molar-refractivity contribution in [2.24, 2.45) is 12.5 Å².